The van der Waals surface area contributed by atoms with Crippen LogP contribution >= 0.6 is 23.2 Å². The summed E-state index contributed by atoms with van der Waals surface area (Å²) in [5, 5.41) is 11.6. The summed E-state index contributed by atoms with van der Waals surface area (Å²) in [6, 6.07) is 3.06. The smallest absolute Gasteiger partial charge is 0.183 e. The van der Waals surface area contributed by atoms with Crippen molar-refractivity contribution in [1.82, 2.24) is 0 Å². The molecule has 0 amide bonds. The average Bonchev–Trinajstić information content (AvgIpc) is 3.19. The molecule has 2 aliphatic carbocycles. The Morgan fingerprint density at radius 1 is 1.00 bits per heavy atom. The number of carbonyl (C=O) groups is 3. The third-order valence-electron chi connectivity index (χ3n) is 6.28. The van der Waals surface area contributed by atoms with Crippen molar-refractivity contribution >= 4 is 52.4 Å². The molecule has 6 heteroatoms. The molecule has 3 rings (SSSR count). The molecule has 2 saturated carbocycles. The first kappa shape index (κ1) is 22.8. The van der Waals surface area contributed by atoms with E-state index in [1.165, 1.54) is 46.6 Å². The molecule has 0 radical (unpaired) electrons. The summed E-state index contributed by atoms with van der Waals surface area (Å²) in [6.07, 6.45) is 8.51. The summed E-state index contributed by atoms with van der Waals surface area (Å²) in [4.78, 5) is 38.7. The van der Waals surface area contributed by atoms with E-state index in [0.29, 0.717) is 16.5 Å². The van der Waals surface area contributed by atoms with Gasteiger partial charge in [-0.15, -0.1) is 0 Å². The Balaban J connectivity index is 2.13. The molecular formula is C24H26Cl2O4. The summed E-state index contributed by atoms with van der Waals surface area (Å²) in [7, 11) is 0. The van der Waals surface area contributed by atoms with Gasteiger partial charge in [-0.1, -0.05) is 48.2 Å². The molecule has 0 unspecified atom stereocenters. The number of hydrogen-bond donors (Lipinski definition) is 1. The zero-order valence-electron chi connectivity index (χ0n) is 17.6. The fourth-order valence-corrected chi connectivity index (χ4v) is 4.94. The lowest BCUT2D eigenvalue weighted by Gasteiger charge is -2.37. The highest BCUT2D eigenvalue weighted by Crippen LogP contribution is 2.44. The van der Waals surface area contributed by atoms with Crippen LogP contribution in [0.2, 0.25) is 10.0 Å². The lowest BCUT2D eigenvalue weighted by Crippen LogP contribution is -2.54. The third-order valence-corrected chi connectivity index (χ3v) is 7.01. The van der Waals surface area contributed by atoms with E-state index < -0.39 is 33.9 Å². The molecule has 1 aromatic rings. The van der Waals surface area contributed by atoms with Gasteiger partial charge in [0, 0.05) is 16.1 Å². The van der Waals surface area contributed by atoms with Crippen LogP contribution < -0.4 is 0 Å². The maximum atomic E-state index is 13.0. The van der Waals surface area contributed by atoms with E-state index in [4.69, 9.17) is 23.2 Å². The van der Waals surface area contributed by atoms with Gasteiger partial charge in [-0.2, -0.15) is 0 Å². The Hall–Kier alpha value is -1.91. The van der Waals surface area contributed by atoms with Gasteiger partial charge in [-0.05, 0) is 58.6 Å². The second-order valence-electron chi connectivity index (χ2n) is 9.19. The summed E-state index contributed by atoms with van der Waals surface area (Å²) in [6.45, 7) is 5.88. The number of halogens is 2. The molecular weight excluding hydrogens is 423 g/mol. The molecule has 0 aromatic heterocycles. The molecule has 2 aliphatic rings. The van der Waals surface area contributed by atoms with Crippen molar-refractivity contribution in [3.63, 3.8) is 0 Å². The predicted molar refractivity (Wildman–Crippen MR) is 120 cm³/mol. The Morgan fingerprint density at radius 2 is 1.53 bits per heavy atom. The maximum absolute atomic E-state index is 13.0. The van der Waals surface area contributed by atoms with Crippen molar-refractivity contribution < 1.29 is 19.5 Å². The summed E-state index contributed by atoms with van der Waals surface area (Å²) in [5.41, 5.74) is -2.57. The number of allylic oxidation sites excluding steroid dienone is 2. The number of hydrogen-bond acceptors (Lipinski definition) is 4. The third kappa shape index (κ3) is 3.65. The molecule has 30 heavy (non-hydrogen) atoms. The number of carbonyl (C=O) groups excluding carboxylic acids is 3. The van der Waals surface area contributed by atoms with Crippen LogP contribution in [0.25, 0.3) is 11.8 Å². The molecule has 1 aromatic carbocycles. The van der Waals surface area contributed by atoms with Crippen molar-refractivity contribution in [2.24, 2.45) is 16.7 Å². The zero-order chi connectivity index (χ0) is 22.4. The highest BCUT2D eigenvalue weighted by atomic mass is 35.5. The molecule has 0 spiro atoms. The van der Waals surface area contributed by atoms with Crippen molar-refractivity contribution in [2.45, 2.75) is 53.4 Å². The van der Waals surface area contributed by atoms with Crippen LogP contribution in [-0.4, -0.2) is 22.5 Å². The normalized spacial score (nSPS) is 21.7. The Kier molecular flexibility index (Phi) is 6.05. The van der Waals surface area contributed by atoms with Crippen LogP contribution in [0.1, 0.15) is 64.5 Å². The van der Waals surface area contributed by atoms with Crippen LogP contribution in [0.15, 0.2) is 23.8 Å². The highest BCUT2D eigenvalue weighted by molar-refractivity contribution is 6.42. The minimum Gasteiger partial charge on any atom is -0.506 e. The number of Topliss-reactive ketones (excluding diaryl/α,β-unsaturated/α-hetero) is 3. The van der Waals surface area contributed by atoms with Gasteiger partial charge in [-0.3, -0.25) is 14.4 Å². The average molecular weight is 449 g/mol. The summed E-state index contributed by atoms with van der Waals surface area (Å²) < 4.78 is 0. The van der Waals surface area contributed by atoms with E-state index in [2.05, 4.69) is 6.08 Å². The Labute approximate surface area is 186 Å². The molecule has 2 fully saturated rings. The monoisotopic (exact) mass is 448 g/mol. The van der Waals surface area contributed by atoms with Crippen LogP contribution in [-0.2, 0) is 14.4 Å². The van der Waals surface area contributed by atoms with Gasteiger partial charge >= 0.3 is 0 Å². The number of aliphatic hydroxyl groups excluding tert-OH is 1. The Bertz CT molecular complexity index is 961. The van der Waals surface area contributed by atoms with Gasteiger partial charge in [-0.25, -0.2) is 0 Å². The standard InChI is InChI=1S/C24H26Cl2O4/c1-23(2)20(28)17(21(29)24(3,4)22(23)30)19(27)15-11-12-16(25)14(18(15)26)10-9-13-7-5-6-8-13/h9-13,27H,5-8H2,1-4H3/b10-9+. The van der Waals surface area contributed by atoms with E-state index in [0.717, 1.165) is 12.8 Å². The SMILES string of the molecule is CC1(C)C(=O)C(=C(O)c2ccc(Cl)c(/C=C/C3CCCC3)c2Cl)C(=O)C(C)(C)C1=O. The zero-order valence-corrected chi connectivity index (χ0v) is 19.2. The maximum Gasteiger partial charge on any atom is 0.183 e. The fraction of sp³-hybridized carbons (Fsp3) is 0.458. The van der Waals surface area contributed by atoms with Crippen molar-refractivity contribution in [3.05, 3.63) is 45.0 Å². The molecule has 160 valence electrons. The number of benzene rings is 1. The van der Waals surface area contributed by atoms with Crippen molar-refractivity contribution in [1.29, 1.82) is 0 Å². The number of ketones is 3. The van der Waals surface area contributed by atoms with E-state index in [9.17, 15) is 19.5 Å². The minimum atomic E-state index is -1.43. The fourth-order valence-electron chi connectivity index (χ4n) is 4.35. The molecule has 0 aliphatic heterocycles. The number of rotatable bonds is 3. The van der Waals surface area contributed by atoms with Gasteiger partial charge in [0.15, 0.2) is 17.3 Å². The van der Waals surface area contributed by atoms with Crippen LogP contribution in [0, 0.1) is 16.7 Å². The van der Waals surface area contributed by atoms with Gasteiger partial charge < -0.3 is 5.11 Å². The first-order chi connectivity index (χ1) is 13.9. The lowest BCUT2D eigenvalue weighted by atomic mass is 9.60. The van der Waals surface area contributed by atoms with Gasteiger partial charge in [0.2, 0.25) is 0 Å². The quantitative estimate of drug-likeness (QED) is 0.257. The second-order valence-corrected chi connectivity index (χ2v) is 9.97. The van der Waals surface area contributed by atoms with Gasteiger partial charge in [0.25, 0.3) is 0 Å². The van der Waals surface area contributed by atoms with Gasteiger partial charge in [0.1, 0.15) is 11.3 Å². The van der Waals surface area contributed by atoms with Gasteiger partial charge in [0.05, 0.1) is 15.9 Å². The summed E-state index contributed by atoms with van der Waals surface area (Å²) >= 11 is 12.9. The highest BCUT2D eigenvalue weighted by Gasteiger charge is 2.56. The van der Waals surface area contributed by atoms with E-state index >= 15 is 0 Å². The van der Waals surface area contributed by atoms with E-state index in [-0.39, 0.29) is 16.2 Å². The first-order valence-electron chi connectivity index (χ1n) is 10.1. The molecule has 0 heterocycles. The second kappa shape index (κ2) is 7.97. The topological polar surface area (TPSA) is 71.4 Å². The number of aliphatic hydroxyl groups is 1. The molecule has 0 saturated heterocycles. The Morgan fingerprint density at radius 3 is 2.07 bits per heavy atom. The summed E-state index contributed by atoms with van der Waals surface area (Å²) in [5.74, 6) is -1.94. The lowest BCUT2D eigenvalue weighted by molar-refractivity contribution is -0.151. The molecule has 1 N–H and O–H groups in total. The van der Waals surface area contributed by atoms with Crippen LogP contribution in [0.3, 0.4) is 0 Å². The van der Waals surface area contributed by atoms with Crippen LogP contribution in [0.4, 0.5) is 0 Å². The minimum absolute atomic E-state index is 0.143. The molecule has 0 atom stereocenters. The van der Waals surface area contributed by atoms with E-state index in [1.54, 1.807) is 6.07 Å². The predicted octanol–water partition coefficient (Wildman–Crippen LogP) is 6.24. The molecule has 4 nitrogen and oxygen atoms in total. The van der Waals surface area contributed by atoms with Crippen LogP contribution in [0.5, 0.6) is 0 Å². The first-order valence-corrected chi connectivity index (χ1v) is 10.9. The molecule has 0 bridgehead atoms. The largest absolute Gasteiger partial charge is 0.506 e. The van der Waals surface area contributed by atoms with Crippen molar-refractivity contribution in [2.75, 3.05) is 0 Å². The van der Waals surface area contributed by atoms with Crippen molar-refractivity contribution in [3.8, 4) is 0 Å². The van der Waals surface area contributed by atoms with E-state index in [1.807, 2.05) is 6.08 Å².